The van der Waals surface area contributed by atoms with E-state index in [-0.39, 0.29) is 12.0 Å². The van der Waals surface area contributed by atoms with Gasteiger partial charge in [-0.15, -0.1) is 0 Å². The number of nitrogens with one attached hydrogen (secondary N) is 1. The van der Waals surface area contributed by atoms with E-state index in [2.05, 4.69) is 10.3 Å². The summed E-state index contributed by atoms with van der Waals surface area (Å²) in [5, 5.41) is 3.30. The van der Waals surface area contributed by atoms with E-state index in [1.165, 1.54) is 0 Å². The van der Waals surface area contributed by atoms with Crippen molar-refractivity contribution in [1.29, 1.82) is 0 Å². The molecule has 1 aromatic rings. The van der Waals surface area contributed by atoms with E-state index in [4.69, 9.17) is 9.47 Å². The van der Waals surface area contributed by atoms with E-state index >= 15 is 0 Å². The maximum atomic E-state index is 12.4. The van der Waals surface area contributed by atoms with Crippen LogP contribution >= 0.6 is 0 Å². The Morgan fingerprint density at radius 1 is 1.33 bits per heavy atom. The Balaban J connectivity index is 1.60. The molecule has 114 valence electrons. The van der Waals surface area contributed by atoms with Gasteiger partial charge in [-0.05, 0) is 18.9 Å². The molecule has 0 radical (unpaired) electrons. The summed E-state index contributed by atoms with van der Waals surface area (Å²) in [6, 6.07) is 1.86. The van der Waals surface area contributed by atoms with E-state index in [0.29, 0.717) is 31.9 Å². The molecule has 0 spiro atoms. The normalized spacial score (nSPS) is 22.3. The molecule has 3 heterocycles. The molecular weight excluding hydrogens is 270 g/mol. The van der Waals surface area contributed by atoms with Crippen LogP contribution in [0.15, 0.2) is 18.5 Å². The van der Waals surface area contributed by atoms with Gasteiger partial charge in [-0.2, -0.15) is 0 Å². The lowest BCUT2D eigenvalue weighted by molar-refractivity contribution is 0.0302. The average molecular weight is 291 g/mol. The molecule has 1 atom stereocenters. The molecule has 0 bridgehead atoms. The lowest BCUT2D eigenvalue weighted by Gasteiger charge is -2.26. The van der Waals surface area contributed by atoms with Gasteiger partial charge in [0.05, 0.1) is 30.6 Å². The van der Waals surface area contributed by atoms with Gasteiger partial charge in [-0.1, -0.05) is 0 Å². The number of nitrogens with zero attached hydrogens (tertiary/aromatic N) is 2. The number of aromatic nitrogens is 1. The monoisotopic (exact) mass is 291 g/mol. The quantitative estimate of drug-likeness (QED) is 0.901. The zero-order valence-corrected chi connectivity index (χ0v) is 12.1. The number of anilines is 1. The second-order valence-corrected chi connectivity index (χ2v) is 5.38. The van der Waals surface area contributed by atoms with Crippen LogP contribution in [0.5, 0.6) is 0 Å². The highest BCUT2D eigenvalue weighted by Gasteiger charge is 2.19. The molecule has 1 N–H and O–H groups in total. The maximum absolute atomic E-state index is 12.4. The first-order valence-corrected chi connectivity index (χ1v) is 7.50. The highest BCUT2D eigenvalue weighted by atomic mass is 16.5. The summed E-state index contributed by atoms with van der Waals surface area (Å²) in [6.45, 7) is 4.11. The molecule has 1 unspecified atom stereocenters. The molecule has 1 aromatic heterocycles. The summed E-state index contributed by atoms with van der Waals surface area (Å²) in [5.41, 5.74) is 1.49. The Kier molecular flexibility index (Phi) is 4.67. The molecule has 6 nitrogen and oxygen atoms in total. The number of amides is 1. The van der Waals surface area contributed by atoms with Crippen LogP contribution in [-0.4, -0.2) is 61.3 Å². The number of carbonyl (C=O) groups excluding carboxylic acids is 1. The Morgan fingerprint density at radius 2 is 2.19 bits per heavy atom. The Hall–Kier alpha value is -1.66. The molecular formula is C15H21N3O3. The minimum Gasteiger partial charge on any atom is -0.381 e. The third kappa shape index (κ3) is 3.71. The predicted octanol–water partition coefficient (Wildman–Crippen LogP) is 1.14. The van der Waals surface area contributed by atoms with Crippen molar-refractivity contribution in [2.24, 2.45) is 0 Å². The van der Waals surface area contributed by atoms with E-state index in [0.717, 1.165) is 31.7 Å². The molecule has 0 saturated carbocycles. The second kappa shape index (κ2) is 6.87. The Labute approximate surface area is 124 Å². The first-order valence-electron chi connectivity index (χ1n) is 7.50. The summed E-state index contributed by atoms with van der Waals surface area (Å²) in [4.78, 5) is 18.4. The fraction of sp³-hybridized carbons (Fsp3) is 0.600. The van der Waals surface area contributed by atoms with Crippen LogP contribution in [0.25, 0.3) is 0 Å². The smallest absolute Gasteiger partial charge is 0.255 e. The van der Waals surface area contributed by atoms with Crippen LogP contribution < -0.4 is 5.32 Å². The molecule has 2 aliphatic heterocycles. The number of rotatable bonds is 4. The summed E-state index contributed by atoms with van der Waals surface area (Å²) < 4.78 is 10.8. The number of morpholine rings is 1. The van der Waals surface area contributed by atoms with Gasteiger partial charge < -0.3 is 19.7 Å². The van der Waals surface area contributed by atoms with Crippen molar-refractivity contribution in [1.82, 2.24) is 9.88 Å². The fourth-order valence-electron chi connectivity index (χ4n) is 2.64. The average Bonchev–Trinajstić information content (AvgIpc) is 3.07. The van der Waals surface area contributed by atoms with Gasteiger partial charge in [-0.25, -0.2) is 0 Å². The SMILES string of the molecule is O=C(c1cncc(NCC2CCCO2)c1)N1CCOCC1. The molecule has 2 fully saturated rings. The number of ether oxygens (including phenoxy) is 2. The molecule has 1 amide bonds. The van der Waals surface area contributed by atoms with Gasteiger partial charge >= 0.3 is 0 Å². The van der Waals surface area contributed by atoms with Crippen molar-refractivity contribution < 1.29 is 14.3 Å². The predicted molar refractivity (Wildman–Crippen MR) is 78.4 cm³/mol. The minimum absolute atomic E-state index is 0.0200. The number of hydrogen-bond acceptors (Lipinski definition) is 5. The summed E-state index contributed by atoms with van der Waals surface area (Å²) in [6.07, 6.45) is 5.84. The summed E-state index contributed by atoms with van der Waals surface area (Å²) >= 11 is 0. The number of hydrogen-bond donors (Lipinski definition) is 1. The number of pyridine rings is 1. The van der Waals surface area contributed by atoms with E-state index in [1.807, 2.05) is 11.0 Å². The molecule has 0 aromatic carbocycles. The first kappa shape index (κ1) is 14.3. The third-order valence-corrected chi connectivity index (χ3v) is 3.84. The van der Waals surface area contributed by atoms with Crippen LogP contribution in [0.2, 0.25) is 0 Å². The van der Waals surface area contributed by atoms with Gasteiger partial charge in [0.25, 0.3) is 5.91 Å². The van der Waals surface area contributed by atoms with Crippen molar-refractivity contribution in [3.63, 3.8) is 0 Å². The van der Waals surface area contributed by atoms with Crippen molar-refractivity contribution in [3.8, 4) is 0 Å². The van der Waals surface area contributed by atoms with Gasteiger partial charge in [0.15, 0.2) is 0 Å². The lowest BCUT2D eigenvalue weighted by atomic mass is 10.2. The zero-order valence-electron chi connectivity index (χ0n) is 12.1. The Bertz CT molecular complexity index is 483. The van der Waals surface area contributed by atoms with Gasteiger partial charge in [0, 0.05) is 38.6 Å². The molecule has 2 aliphatic rings. The van der Waals surface area contributed by atoms with Crippen LogP contribution in [0.3, 0.4) is 0 Å². The van der Waals surface area contributed by atoms with E-state index in [9.17, 15) is 4.79 Å². The summed E-state index contributed by atoms with van der Waals surface area (Å²) in [7, 11) is 0. The number of carbonyl (C=O) groups is 1. The van der Waals surface area contributed by atoms with Crippen LogP contribution in [0.1, 0.15) is 23.2 Å². The topological polar surface area (TPSA) is 63.7 Å². The van der Waals surface area contributed by atoms with E-state index in [1.54, 1.807) is 12.4 Å². The fourth-order valence-corrected chi connectivity index (χ4v) is 2.64. The van der Waals surface area contributed by atoms with Crippen molar-refractivity contribution in [2.75, 3.05) is 44.8 Å². The van der Waals surface area contributed by atoms with Crippen molar-refractivity contribution in [3.05, 3.63) is 24.0 Å². The third-order valence-electron chi connectivity index (χ3n) is 3.84. The van der Waals surface area contributed by atoms with Gasteiger partial charge in [0.1, 0.15) is 0 Å². The molecule has 3 rings (SSSR count). The van der Waals surface area contributed by atoms with Crippen LogP contribution in [0, 0.1) is 0 Å². The second-order valence-electron chi connectivity index (χ2n) is 5.38. The molecule has 0 aliphatic carbocycles. The molecule has 21 heavy (non-hydrogen) atoms. The summed E-state index contributed by atoms with van der Waals surface area (Å²) in [5.74, 6) is 0.0200. The van der Waals surface area contributed by atoms with Gasteiger partial charge in [-0.3, -0.25) is 9.78 Å². The molecule has 2 saturated heterocycles. The molecule has 6 heteroatoms. The standard InChI is InChI=1S/C15H21N3O3/c19-15(18-3-6-20-7-4-18)12-8-13(10-16-9-12)17-11-14-2-1-5-21-14/h8-10,14,17H,1-7,11H2. The van der Waals surface area contributed by atoms with Gasteiger partial charge in [0.2, 0.25) is 0 Å². The Morgan fingerprint density at radius 3 is 2.95 bits per heavy atom. The largest absolute Gasteiger partial charge is 0.381 e. The highest BCUT2D eigenvalue weighted by Crippen LogP contribution is 2.15. The van der Waals surface area contributed by atoms with Crippen molar-refractivity contribution in [2.45, 2.75) is 18.9 Å². The zero-order chi connectivity index (χ0) is 14.5. The first-order chi connectivity index (χ1) is 10.3. The highest BCUT2D eigenvalue weighted by molar-refractivity contribution is 5.94. The minimum atomic E-state index is 0.0200. The van der Waals surface area contributed by atoms with Crippen LogP contribution in [0.4, 0.5) is 5.69 Å². The van der Waals surface area contributed by atoms with Crippen LogP contribution in [-0.2, 0) is 9.47 Å². The van der Waals surface area contributed by atoms with Crippen molar-refractivity contribution >= 4 is 11.6 Å². The maximum Gasteiger partial charge on any atom is 0.255 e. The lowest BCUT2D eigenvalue weighted by Crippen LogP contribution is -2.40. The van der Waals surface area contributed by atoms with E-state index < -0.39 is 0 Å².